The molecule has 3 N–H and O–H groups in total. The summed E-state index contributed by atoms with van der Waals surface area (Å²) < 4.78 is 32.4. The lowest BCUT2D eigenvalue weighted by Crippen LogP contribution is -2.46. The number of amides is 1. The Morgan fingerprint density at radius 3 is 1.26 bits per heavy atom. The van der Waals surface area contributed by atoms with Gasteiger partial charge in [0.25, 0.3) is 10.1 Å². The predicted molar refractivity (Wildman–Crippen MR) is 216 cm³/mol. The average molecular weight is 724 g/mol. The van der Waals surface area contributed by atoms with Crippen LogP contribution in [0, 0.1) is 0 Å². The fourth-order valence-corrected chi connectivity index (χ4v) is 7.08. The topological polar surface area (TPSA) is 104 Å². The van der Waals surface area contributed by atoms with Crippen LogP contribution >= 0.6 is 0 Å². The third kappa shape index (κ3) is 37.8. The molecule has 294 valence electrons. The SMILES string of the molecule is CCCCCCCC/C=C/CC/C=C/C(O)C(CS(=O)(=O)O)NC(=O)CCCCCCCCCCCCC/C=C\CCCCCCCCCC. The van der Waals surface area contributed by atoms with Crippen LogP contribution in [0.3, 0.4) is 0 Å². The van der Waals surface area contributed by atoms with Crippen LogP contribution in [-0.2, 0) is 14.9 Å². The fourth-order valence-electron chi connectivity index (χ4n) is 6.34. The van der Waals surface area contributed by atoms with Crippen LogP contribution in [0.4, 0.5) is 0 Å². The number of carbonyl (C=O) groups is 1. The van der Waals surface area contributed by atoms with E-state index in [-0.39, 0.29) is 12.3 Å². The quantitative estimate of drug-likeness (QED) is 0.0334. The number of hydrogen-bond acceptors (Lipinski definition) is 4. The minimum Gasteiger partial charge on any atom is -0.387 e. The van der Waals surface area contributed by atoms with Gasteiger partial charge in [-0.25, -0.2) is 0 Å². The van der Waals surface area contributed by atoms with Gasteiger partial charge in [-0.1, -0.05) is 185 Å². The van der Waals surface area contributed by atoms with Gasteiger partial charge in [-0.2, -0.15) is 8.42 Å². The zero-order chi connectivity index (χ0) is 36.8. The molecule has 6 nitrogen and oxygen atoms in total. The first-order valence-electron chi connectivity index (χ1n) is 21.2. The van der Waals surface area contributed by atoms with Crippen molar-refractivity contribution in [2.45, 2.75) is 225 Å². The molecule has 0 aromatic carbocycles. The molecule has 7 heteroatoms. The molecule has 0 rings (SSSR count). The fraction of sp³-hybridized carbons (Fsp3) is 0.837. The second-order valence-electron chi connectivity index (χ2n) is 14.6. The Morgan fingerprint density at radius 2 is 0.860 bits per heavy atom. The molecule has 50 heavy (non-hydrogen) atoms. The molecule has 0 saturated heterocycles. The number of carbonyl (C=O) groups excluding carboxylic acids is 1. The average Bonchev–Trinajstić information content (AvgIpc) is 3.08. The Morgan fingerprint density at radius 1 is 0.520 bits per heavy atom. The van der Waals surface area contributed by atoms with Crippen LogP contribution in [0.25, 0.3) is 0 Å². The van der Waals surface area contributed by atoms with Crippen LogP contribution in [0.1, 0.15) is 213 Å². The van der Waals surface area contributed by atoms with Crippen LogP contribution in [0.15, 0.2) is 36.5 Å². The highest BCUT2D eigenvalue weighted by atomic mass is 32.2. The van der Waals surface area contributed by atoms with E-state index in [2.05, 4.69) is 43.5 Å². The summed E-state index contributed by atoms with van der Waals surface area (Å²) in [6.07, 6.45) is 48.6. The van der Waals surface area contributed by atoms with Gasteiger partial charge in [-0.3, -0.25) is 9.35 Å². The third-order valence-corrected chi connectivity index (χ3v) is 10.3. The van der Waals surface area contributed by atoms with Crippen molar-refractivity contribution in [2.75, 3.05) is 5.75 Å². The molecule has 1 amide bonds. The second kappa shape index (κ2) is 37.3. The molecule has 2 unspecified atom stereocenters. The Hall–Kier alpha value is -1.44. The minimum absolute atomic E-state index is 0.288. The van der Waals surface area contributed by atoms with E-state index >= 15 is 0 Å². The summed E-state index contributed by atoms with van der Waals surface area (Å²) in [5, 5.41) is 13.2. The Bertz CT molecular complexity index is 930. The van der Waals surface area contributed by atoms with Crippen molar-refractivity contribution in [2.24, 2.45) is 0 Å². The summed E-state index contributed by atoms with van der Waals surface area (Å²) in [6, 6.07) is -1.07. The summed E-state index contributed by atoms with van der Waals surface area (Å²) in [7, 11) is -4.35. The van der Waals surface area contributed by atoms with Crippen molar-refractivity contribution in [1.29, 1.82) is 0 Å². The second-order valence-corrected chi connectivity index (χ2v) is 16.1. The molecule has 0 aliphatic rings. The predicted octanol–water partition coefficient (Wildman–Crippen LogP) is 12.5. The largest absolute Gasteiger partial charge is 0.387 e. The smallest absolute Gasteiger partial charge is 0.267 e. The van der Waals surface area contributed by atoms with Crippen LogP contribution in [-0.4, -0.2) is 41.9 Å². The molecule has 0 aromatic heterocycles. The van der Waals surface area contributed by atoms with Gasteiger partial charge in [0.1, 0.15) is 0 Å². The molecule has 2 atom stereocenters. The van der Waals surface area contributed by atoms with Crippen LogP contribution in [0.5, 0.6) is 0 Å². The summed E-state index contributed by atoms with van der Waals surface area (Å²) in [6.45, 7) is 4.50. The van der Waals surface area contributed by atoms with Crippen molar-refractivity contribution in [3.05, 3.63) is 36.5 Å². The standard InChI is InChI=1S/C43H81NO5S/c1-3-5-7-9-11-13-15-17-18-19-20-21-22-23-24-25-26-27-29-31-33-35-37-39-43(46)44-41(40-50(47,48)49)42(45)38-36-34-32-30-28-16-14-12-10-8-6-4-2/h19-20,28,30,36,38,41-42,45H,3-18,21-27,29,31-35,37,39-40H2,1-2H3,(H,44,46)(H,47,48,49)/b20-19-,30-28+,38-36+. The molecular formula is C43H81NO5S. The maximum absolute atomic E-state index is 12.5. The van der Waals surface area contributed by atoms with Crippen molar-refractivity contribution < 1.29 is 22.9 Å². The molecule has 0 radical (unpaired) electrons. The first-order valence-corrected chi connectivity index (χ1v) is 22.8. The Kier molecular flexibility index (Phi) is 36.2. The van der Waals surface area contributed by atoms with Gasteiger partial charge in [0.2, 0.25) is 5.91 Å². The highest BCUT2D eigenvalue weighted by molar-refractivity contribution is 7.85. The first-order chi connectivity index (χ1) is 24.3. The molecule has 0 fully saturated rings. The normalized spacial score (nSPS) is 13.6. The zero-order valence-electron chi connectivity index (χ0n) is 32.8. The number of rotatable bonds is 38. The number of aliphatic hydroxyl groups excluding tert-OH is 1. The maximum Gasteiger partial charge on any atom is 0.267 e. The monoisotopic (exact) mass is 724 g/mol. The lowest BCUT2D eigenvalue weighted by Gasteiger charge is -2.21. The van der Waals surface area contributed by atoms with Gasteiger partial charge in [0, 0.05) is 6.42 Å². The van der Waals surface area contributed by atoms with E-state index < -0.39 is 28.0 Å². The van der Waals surface area contributed by atoms with E-state index in [4.69, 9.17) is 0 Å². The first kappa shape index (κ1) is 48.6. The van der Waals surface area contributed by atoms with Gasteiger partial charge in [-0.05, 0) is 57.8 Å². The number of hydrogen-bond donors (Lipinski definition) is 3. The summed E-state index contributed by atoms with van der Waals surface area (Å²) in [5.74, 6) is -0.999. The zero-order valence-corrected chi connectivity index (χ0v) is 33.6. The maximum atomic E-state index is 12.5. The summed E-state index contributed by atoms with van der Waals surface area (Å²) in [5.41, 5.74) is 0. The number of allylic oxidation sites excluding steroid dienone is 5. The summed E-state index contributed by atoms with van der Waals surface area (Å²) in [4.78, 5) is 12.5. The minimum atomic E-state index is -4.35. The van der Waals surface area contributed by atoms with E-state index in [0.717, 1.165) is 32.1 Å². The van der Waals surface area contributed by atoms with E-state index in [0.29, 0.717) is 6.42 Å². The molecule has 0 spiro atoms. The third-order valence-electron chi connectivity index (χ3n) is 9.54. The van der Waals surface area contributed by atoms with Gasteiger partial charge >= 0.3 is 0 Å². The van der Waals surface area contributed by atoms with Crippen molar-refractivity contribution in [3.63, 3.8) is 0 Å². The van der Waals surface area contributed by atoms with Gasteiger partial charge < -0.3 is 10.4 Å². The molecule has 0 heterocycles. The molecule has 0 aliphatic heterocycles. The van der Waals surface area contributed by atoms with Crippen molar-refractivity contribution in [1.82, 2.24) is 5.32 Å². The highest BCUT2D eigenvalue weighted by Crippen LogP contribution is 2.14. The van der Waals surface area contributed by atoms with Crippen molar-refractivity contribution >= 4 is 16.0 Å². The molecular weight excluding hydrogens is 643 g/mol. The van der Waals surface area contributed by atoms with E-state index in [9.17, 15) is 22.9 Å². The summed E-state index contributed by atoms with van der Waals surface area (Å²) >= 11 is 0. The van der Waals surface area contributed by atoms with Crippen molar-refractivity contribution in [3.8, 4) is 0 Å². The van der Waals surface area contributed by atoms with E-state index in [1.54, 1.807) is 6.08 Å². The Balaban J connectivity index is 3.84. The highest BCUT2D eigenvalue weighted by Gasteiger charge is 2.24. The van der Waals surface area contributed by atoms with Gasteiger partial charge in [0.05, 0.1) is 17.9 Å². The van der Waals surface area contributed by atoms with Crippen LogP contribution < -0.4 is 5.32 Å². The molecule has 0 aliphatic carbocycles. The number of unbranched alkanes of at least 4 members (excludes halogenated alkanes) is 26. The lowest BCUT2D eigenvalue weighted by molar-refractivity contribution is -0.122. The van der Waals surface area contributed by atoms with E-state index in [1.165, 1.54) is 160 Å². The number of aliphatic hydroxyl groups is 1. The molecule has 0 bridgehead atoms. The molecule has 0 saturated carbocycles. The molecule has 0 aromatic rings. The van der Waals surface area contributed by atoms with Gasteiger partial charge in [-0.15, -0.1) is 0 Å². The number of nitrogens with one attached hydrogen (secondary N) is 1. The van der Waals surface area contributed by atoms with Crippen LogP contribution in [0.2, 0.25) is 0 Å². The van der Waals surface area contributed by atoms with E-state index in [1.807, 2.05) is 0 Å². The Labute approximate surface area is 310 Å². The lowest BCUT2D eigenvalue weighted by atomic mass is 10.0. The van der Waals surface area contributed by atoms with Gasteiger partial charge in [0.15, 0.2) is 0 Å².